The fourth-order valence-electron chi connectivity index (χ4n) is 4.52. The lowest BCUT2D eigenvalue weighted by molar-refractivity contribution is -0.127. The Hall–Kier alpha value is -3.15. The summed E-state index contributed by atoms with van der Waals surface area (Å²) in [5.41, 5.74) is 2.93. The number of anilines is 1. The van der Waals surface area contributed by atoms with Crippen LogP contribution in [0.2, 0.25) is 0 Å². The van der Waals surface area contributed by atoms with Gasteiger partial charge in [-0.05, 0) is 69.0 Å². The summed E-state index contributed by atoms with van der Waals surface area (Å²) in [5.74, 6) is -0.0604. The minimum absolute atomic E-state index is 0.000914. The number of hydrogen-bond donors (Lipinski definition) is 2. The van der Waals surface area contributed by atoms with Gasteiger partial charge in [0.1, 0.15) is 0 Å². The minimum atomic E-state index is -0.179. The molecule has 168 valence electrons. The van der Waals surface area contributed by atoms with E-state index in [-0.39, 0.29) is 23.6 Å². The second-order valence-corrected chi connectivity index (χ2v) is 8.95. The Morgan fingerprint density at radius 1 is 0.812 bits per heavy atom. The van der Waals surface area contributed by atoms with E-state index in [0.29, 0.717) is 48.8 Å². The predicted molar refractivity (Wildman–Crippen MR) is 125 cm³/mol. The number of nitrogens with zero attached hydrogens (tertiary/aromatic N) is 1. The van der Waals surface area contributed by atoms with Crippen LogP contribution < -0.4 is 10.6 Å². The number of aryl methyl sites for hydroxylation is 1. The Bertz CT molecular complexity index is 955. The summed E-state index contributed by atoms with van der Waals surface area (Å²) in [4.78, 5) is 39.6. The van der Waals surface area contributed by atoms with Crippen LogP contribution in [0.1, 0.15) is 64.8 Å². The van der Waals surface area contributed by atoms with Gasteiger partial charge in [-0.2, -0.15) is 0 Å². The molecule has 0 atom stereocenters. The van der Waals surface area contributed by atoms with E-state index >= 15 is 0 Å². The number of rotatable bonds is 5. The molecule has 4 rings (SSSR count). The van der Waals surface area contributed by atoms with Gasteiger partial charge in [0, 0.05) is 41.9 Å². The van der Waals surface area contributed by atoms with Crippen LogP contribution in [-0.2, 0) is 4.79 Å². The molecule has 0 bridgehead atoms. The van der Waals surface area contributed by atoms with Gasteiger partial charge in [-0.1, -0.05) is 30.5 Å². The van der Waals surface area contributed by atoms with E-state index in [4.69, 9.17) is 0 Å². The normalized spacial score (nSPS) is 17.2. The molecule has 1 heterocycles. The van der Waals surface area contributed by atoms with Crippen molar-refractivity contribution in [1.82, 2.24) is 10.2 Å². The van der Waals surface area contributed by atoms with Crippen LogP contribution in [-0.4, -0.2) is 41.8 Å². The standard InChI is InChI=1S/C26H31N3O3/c1-18-6-8-19(9-7-18)24(30)28-23-12-10-21(11-13-23)26(32)29-16-14-20(15-17-29)25(31)27-22-4-2-3-5-22/h6-13,20,22H,2-5,14-17H2,1H3,(H,27,31)(H,28,30). The maximum atomic E-state index is 12.9. The molecule has 32 heavy (non-hydrogen) atoms. The number of carbonyl (C=O) groups excluding carboxylic acids is 3. The Morgan fingerprint density at radius 2 is 1.41 bits per heavy atom. The van der Waals surface area contributed by atoms with Crippen LogP contribution in [0.15, 0.2) is 48.5 Å². The third-order valence-corrected chi connectivity index (χ3v) is 6.56. The number of carbonyl (C=O) groups is 3. The van der Waals surface area contributed by atoms with E-state index in [1.165, 1.54) is 12.8 Å². The summed E-state index contributed by atoms with van der Waals surface area (Å²) in [7, 11) is 0. The van der Waals surface area contributed by atoms with Crippen molar-refractivity contribution in [2.75, 3.05) is 18.4 Å². The van der Waals surface area contributed by atoms with Gasteiger partial charge in [0.05, 0.1) is 0 Å². The molecule has 0 unspecified atom stereocenters. The summed E-state index contributed by atoms with van der Waals surface area (Å²) in [6, 6.07) is 14.7. The molecule has 1 aliphatic carbocycles. The molecule has 2 N–H and O–H groups in total. The Balaban J connectivity index is 1.28. The molecular formula is C26H31N3O3. The second kappa shape index (κ2) is 9.98. The molecule has 2 aromatic carbocycles. The van der Waals surface area contributed by atoms with Gasteiger partial charge in [-0.3, -0.25) is 14.4 Å². The molecule has 1 saturated carbocycles. The van der Waals surface area contributed by atoms with Gasteiger partial charge < -0.3 is 15.5 Å². The minimum Gasteiger partial charge on any atom is -0.353 e. The van der Waals surface area contributed by atoms with Crippen LogP contribution >= 0.6 is 0 Å². The Labute approximate surface area is 189 Å². The lowest BCUT2D eigenvalue weighted by Crippen LogP contribution is -2.44. The van der Waals surface area contributed by atoms with Crippen LogP contribution in [0.3, 0.4) is 0 Å². The molecule has 2 aromatic rings. The molecule has 0 aromatic heterocycles. The molecule has 0 radical (unpaired) electrons. The number of benzene rings is 2. The van der Waals surface area contributed by atoms with E-state index in [1.807, 2.05) is 24.0 Å². The van der Waals surface area contributed by atoms with Gasteiger partial charge in [-0.25, -0.2) is 0 Å². The highest BCUT2D eigenvalue weighted by molar-refractivity contribution is 6.04. The highest BCUT2D eigenvalue weighted by atomic mass is 16.2. The van der Waals surface area contributed by atoms with E-state index in [0.717, 1.165) is 18.4 Å². The molecular weight excluding hydrogens is 402 g/mol. The maximum absolute atomic E-state index is 12.9. The lowest BCUT2D eigenvalue weighted by atomic mass is 9.95. The van der Waals surface area contributed by atoms with Gasteiger partial charge in [0.25, 0.3) is 11.8 Å². The van der Waals surface area contributed by atoms with Crippen LogP contribution in [0, 0.1) is 12.8 Å². The summed E-state index contributed by atoms with van der Waals surface area (Å²) in [5, 5.41) is 6.05. The van der Waals surface area contributed by atoms with Gasteiger partial charge in [-0.15, -0.1) is 0 Å². The molecule has 6 nitrogen and oxygen atoms in total. The molecule has 6 heteroatoms. The van der Waals surface area contributed by atoms with Gasteiger partial charge >= 0.3 is 0 Å². The monoisotopic (exact) mass is 433 g/mol. The smallest absolute Gasteiger partial charge is 0.255 e. The van der Waals surface area contributed by atoms with Crippen molar-refractivity contribution in [3.63, 3.8) is 0 Å². The van der Waals surface area contributed by atoms with Crippen molar-refractivity contribution in [3.8, 4) is 0 Å². The number of nitrogens with one attached hydrogen (secondary N) is 2. The zero-order chi connectivity index (χ0) is 22.5. The van der Waals surface area contributed by atoms with Crippen molar-refractivity contribution in [3.05, 3.63) is 65.2 Å². The van der Waals surface area contributed by atoms with E-state index in [1.54, 1.807) is 36.4 Å². The van der Waals surface area contributed by atoms with E-state index < -0.39 is 0 Å². The Kier molecular flexibility index (Phi) is 6.88. The first-order valence-electron chi connectivity index (χ1n) is 11.6. The predicted octanol–water partition coefficient (Wildman–Crippen LogP) is 4.16. The largest absolute Gasteiger partial charge is 0.353 e. The SMILES string of the molecule is Cc1ccc(C(=O)Nc2ccc(C(=O)N3CCC(C(=O)NC4CCCC4)CC3)cc2)cc1. The van der Waals surface area contributed by atoms with Gasteiger partial charge in [0.2, 0.25) is 5.91 Å². The second-order valence-electron chi connectivity index (χ2n) is 8.95. The molecule has 2 fully saturated rings. The summed E-state index contributed by atoms with van der Waals surface area (Å²) < 4.78 is 0. The summed E-state index contributed by atoms with van der Waals surface area (Å²) >= 11 is 0. The highest BCUT2D eigenvalue weighted by Crippen LogP contribution is 2.23. The quantitative estimate of drug-likeness (QED) is 0.743. The van der Waals surface area contributed by atoms with Crippen molar-refractivity contribution in [2.24, 2.45) is 5.92 Å². The number of amides is 3. The zero-order valence-electron chi connectivity index (χ0n) is 18.6. The summed E-state index contributed by atoms with van der Waals surface area (Å²) in [6.07, 6.45) is 5.98. The topological polar surface area (TPSA) is 78.5 Å². The van der Waals surface area contributed by atoms with Crippen LogP contribution in [0.25, 0.3) is 0 Å². The lowest BCUT2D eigenvalue weighted by Gasteiger charge is -2.32. The van der Waals surface area contributed by atoms with Crippen molar-refractivity contribution in [1.29, 1.82) is 0 Å². The van der Waals surface area contributed by atoms with E-state index in [9.17, 15) is 14.4 Å². The van der Waals surface area contributed by atoms with Crippen molar-refractivity contribution < 1.29 is 14.4 Å². The first-order valence-corrected chi connectivity index (χ1v) is 11.6. The first-order chi connectivity index (χ1) is 15.5. The molecule has 1 aliphatic heterocycles. The zero-order valence-corrected chi connectivity index (χ0v) is 18.6. The van der Waals surface area contributed by atoms with Crippen LogP contribution in [0.5, 0.6) is 0 Å². The molecule has 1 saturated heterocycles. The third kappa shape index (κ3) is 5.36. The summed E-state index contributed by atoms with van der Waals surface area (Å²) in [6.45, 7) is 3.16. The fraction of sp³-hybridized carbons (Fsp3) is 0.423. The van der Waals surface area contributed by atoms with Crippen molar-refractivity contribution in [2.45, 2.75) is 51.5 Å². The number of likely N-dealkylation sites (tertiary alicyclic amines) is 1. The molecule has 3 amide bonds. The highest BCUT2D eigenvalue weighted by Gasteiger charge is 2.29. The number of hydrogen-bond acceptors (Lipinski definition) is 3. The Morgan fingerprint density at radius 3 is 2.03 bits per heavy atom. The third-order valence-electron chi connectivity index (χ3n) is 6.56. The molecule has 0 spiro atoms. The number of piperidine rings is 1. The average molecular weight is 434 g/mol. The average Bonchev–Trinajstić information content (AvgIpc) is 3.32. The maximum Gasteiger partial charge on any atom is 0.255 e. The van der Waals surface area contributed by atoms with Gasteiger partial charge in [0.15, 0.2) is 0 Å². The first kappa shape index (κ1) is 22.1. The van der Waals surface area contributed by atoms with Crippen molar-refractivity contribution >= 4 is 23.4 Å². The van der Waals surface area contributed by atoms with E-state index in [2.05, 4.69) is 10.6 Å². The fourth-order valence-corrected chi connectivity index (χ4v) is 4.52. The van der Waals surface area contributed by atoms with Crippen LogP contribution in [0.4, 0.5) is 5.69 Å². The molecule has 2 aliphatic rings.